The first-order valence-corrected chi connectivity index (χ1v) is 10.8. The van der Waals surface area contributed by atoms with E-state index in [4.69, 9.17) is 26.8 Å². The second-order valence-electron chi connectivity index (χ2n) is 7.29. The van der Waals surface area contributed by atoms with Gasteiger partial charge in [-0.1, -0.05) is 23.7 Å². The number of rotatable bonds is 10. The molecule has 0 bridgehead atoms. The third kappa shape index (κ3) is 7.02. The van der Waals surface area contributed by atoms with Crippen molar-refractivity contribution >= 4 is 46.9 Å². The zero-order chi connectivity index (χ0) is 26.9. The highest BCUT2D eigenvalue weighted by molar-refractivity contribution is 6.34. The van der Waals surface area contributed by atoms with E-state index in [-0.39, 0.29) is 34.1 Å². The number of para-hydroxylation sites is 1. The highest BCUT2D eigenvalue weighted by Gasteiger charge is 2.18. The standard InChI is InChI=1S/C24H20ClN5O7/c1-36-21-10-14(6-9-20(21)37-13-22(26)31)12-27-29-24(33)16-4-2-3-5-19(16)28-23(32)17-11-15(30(34)35)7-8-18(17)25/h2-12H,13H2,1H3,(H2,26,31)(H,28,32)(H,29,33)/b27-12+. The number of hydrogen-bond donors (Lipinski definition) is 3. The average molecular weight is 526 g/mol. The summed E-state index contributed by atoms with van der Waals surface area (Å²) >= 11 is 6.03. The second-order valence-corrected chi connectivity index (χ2v) is 7.69. The average Bonchev–Trinajstić information content (AvgIpc) is 2.87. The highest BCUT2D eigenvalue weighted by atomic mass is 35.5. The van der Waals surface area contributed by atoms with Gasteiger partial charge in [-0.3, -0.25) is 24.5 Å². The van der Waals surface area contributed by atoms with Crippen LogP contribution in [0.4, 0.5) is 11.4 Å². The number of carbonyl (C=O) groups is 3. The molecule has 0 heterocycles. The molecule has 3 rings (SSSR count). The van der Waals surface area contributed by atoms with E-state index in [1.165, 1.54) is 37.6 Å². The Morgan fingerprint density at radius 3 is 2.51 bits per heavy atom. The van der Waals surface area contributed by atoms with Crippen LogP contribution in [0.1, 0.15) is 26.3 Å². The van der Waals surface area contributed by atoms with Gasteiger partial charge in [-0.2, -0.15) is 5.10 Å². The number of ether oxygens (including phenoxy) is 2. The highest BCUT2D eigenvalue weighted by Crippen LogP contribution is 2.27. The van der Waals surface area contributed by atoms with Gasteiger partial charge in [0.05, 0.1) is 40.1 Å². The zero-order valence-electron chi connectivity index (χ0n) is 19.3. The summed E-state index contributed by atoms with van der Waals surface area (Å²) in [5.41, 5.74) is 7.77. The molecule has 3 aromatic carbocycles. The number of non-ortho nitro benzene ring substituents is 1. The lowest BCUT2D eigenvalue weighted by molar-refractivity contribution is -0.384. The largest absolute Gasteiger partial charge is 0.493 e. The molecule has 0 radical (unpaired) electrons. The lowest BCUT2D eigenvalue weighted by atomic mass is 10.1. The van der Waals surface area contributed by atoms with E-state index in [0.29, 0.717) is 17.1 Å². The van der Waals surface area contributed by atoms with Gasteiger partial charge >= 0.3 is 0 Å². The predicted octanol–water partition coefficient (Wildman–Crippen LogP) is 3.14. The number of nitrogens with two attached hydrogens (primary N) is 1. The summed E-state index contributed by atoms with van der Waals surface area (Å²) in [6.45, 7) is -0.316. The number of nitro groups is 1. The number of hydrazone groups is 1. The number of amides is 3. The van der Waals surface area contributed by atoms with Crippen molar-refractivity contribution < 1.29 is 28.8 Å². The van der Waals surface area contributed by atoms with Crippen LogP contribution < -0.4 is 25.9 Å². The first-order valence-electron chi connectivity index (χ1n) is 10.5. The minimum atomic E-state index is -0.733. The quantitative estimate of drug-likeness (QED) is 0.207. The molecule has 190 valence electrons. The predicted molar refractivity (Wildman–Crippen MR) is 135 cm³/mol. The number of benzene rings is 3. The Morgan fingerprint density at radius 1 is 1.05 bits per heavy atom. The monoisotopic (exact) mass is 525 g/mol. The van der Waals surface area contributed by atoms with Gasteiger partial charge in [0, 0.05) is 12.1 Å². The summed E-state index contributed by atoms with van der Waals surface area (Å²) in [4.78, 5) is 46.8. The van der Waals surface area contributed by atoms with E-state index < -0.39 is 22.6 Å². The number of methoxy groups -OCH3 is 1. The number of carbonyl (C=O) groups excluding carboxylic acids is 3. The van der Waals surface area contributed by atoms with E-state index in [0.717, 1.165) is 6.07 Å². The van der Waals surface area contributed by atoms with Crippen LogP contribution >= 0.6 is 11.6 Å². The number of nitro benzene ring substituents is 1. The van der Waals surface area contributed by atoms with Crippen molar-refractivity contribution in [1.29, 1.82) is 0 Å². The number of primary amides is 1. The molecule has 0 atom stereocenters. The van der Waals surface area contributed by atoms with Crippen molar-refractivity contribution in [3.63, 3.8) is 0 Å². The van der Waals surface area contributed by atoms with Gasteiger partial charge < -0.3 is 20.5 Å². The minimum absolute atomic E-state index is 0.0103. The van der Waals surface area contributed by atoms with Crippen molar-refractivity contribution in [1.82, 2.24) is 5.43 Å². The number of anilines is 1. The summed E-state index contributed by atoms with van der Waals surface area (Å²) in [7, 11) is 1.42. The van der Waals surface area contributed by atoms with Gasteiger partial charge in [0.25, 0.3) is 23.4 Å². The topological polar surface area (TPSA) is 175 Å². The fraction of sp³-hybridized carbons (Fsp3) is 0.0833. The Morgan fingerprint density at radius 2 is 1.81 bits per heavy atom. The normalized spacial score (nSPS) is 10.5. The molecule has 0 spiro atoms. The molecule has 0 unspecified atom stereocenters. The summed E-state index contributed by atoms with van der Waals surface area (Å²) in [5.74, 6) is -1.38. The van der Waals surface area contributed by atoms with Crippen LogP contribution in [0.15, 0.2) is 65.8 Å². The molecular weight excluding hydrogens is 506 g/mol. The molecule has 0 aliphatic carbocycles. The molecular formula is C24H20ClN5O7. The van der Waals surface area contributed by atoms with Crippen LogP contribution in [0.3, 0.4) is 0 Å². The number of hydrogen-bond acceptors (Lipinski definition) is 8. The molecule has 3 aromatic rings. The molecule has 4 N–H and O–H groups in total. The van der Waals surface area contributed by atoms with Crippen LogP contribution in [0, 0.1) is 10.1 Å². The fourth-order valence-electron chi connectivity index (χ4n) is 3.04. The van der Waals surface area contributed by atoms with Crippen molar-refractivity contribution in [2.24, 2.45) is 10.8 Å². The smallest absolute Gasteiger partial charge is 0.273 e. The van der Waals surface area contributed by atoms with E-state index in [1.54, 1.807) is 30.3 Å². The Balaban J connectivity index is 1.72. The van der Waals surface area contributed by atoms with Crippen LogP contribution in [-0.4, -0.2) is 42.6 Å². The van der Waals surface area contributed by atoms with Crippen LogP contribution in [0.5, 0.6) is 11.5 Å². The first-order chi connectivity index (χ1) is 17.7. The van der Waals surface area contributed by atoms with Crippen molar-refractivity contribution in [2.75, 3.05) is 19.0 Å². The molecule has 0 saturated heterocycles. The lowest BCUT2D eigenvalue weighted by Gasteiger charge is -2.11. The van der Waals surface area contributed by atoms with Crippen molar-refractivity contribution in [3.8, 4) is 11.5 Å². The summed E-state index contributed by atoms with van der Waals surface area (Å²) in [6.07, 6.45) is 1.35. The van der Waals surface area contributed by atoms with Crippen molar-refractivity contribution in [3.05, 3.63) is 92.5 Å². The SMILES string of the molecule is COc1cc(/C=N/NC(=O)c2ccccc2NC(=O)c2cc([N+](=O)[O-])ccc2Cl)ccc1OCC(N)=O. The molecule has 12 nitrogen and oxygen atoms in total. The molecule has 3 amide bonds. The Bertz CT molecular complexity index is 1390. The molecule has 0 aromatic heterocycles. The molecule has 0 fully saturated rings. The Labute approximate surface area is 215 Å². The summed E-state index contributed by atoms with van der Waals surface area (Å²) < 4.78 is 10.5. The third-order valence-corrected chi connectivity index (χ3v) is 5.09. The van der Waals surface area contributed by atoms with E-state index in [9.17, 15) is 24.5 Å². The van der Waals surface area contributed by atoms with Gasteiger partial charge in [0.1, 0.15) is 0 Å². The van der Waals surface area contributed by atoms with Gasteiger partial charge in [-0.15, -0.1) is 0 Å². The number of nitrogens with one attached hydrogen (secondary N) is 2. The Kier molecular flexibility index (Phi) is 8.73. The zero-order valence-corrected chi connectivity index (χ0v) is 20.0. The maximum absolute atomic E-state index is 12.7. The van der Waals surface area contributed by atoms with Crippen LogP contribution in [0.25, 0.3) is 0 Å². The number of halogens is 1. The number of nitrogens with zero attached hydrogens (tertiary/aromatic N) is 2. The van der Waals surface area contributed by atoms with Gasteiger partial charge in [0.15, 0.2) is 18.1 Å². The summed E-state index contributed by atoms with van der Waals surface area (Å²) in [6, 6.07) is 14.3. The van der Waals surface area contributed by atoms with Crippen molar-refractivity contribution in [2.45, 2.75) is 0 Å². The molecule has 0 aliphatic heterocycles. The third-order valence-electron chi connectivity index (χ3n) is 4.76. The fourth-order valence-corrected chi connectivity index (χ4v) is 3.24. The lowest BCUT2D eigenvalue weighted by Crippen LogP contribution is -2.21. The van der Waals surface area contributed by atoms with Gasteiger partial charge in [0.2, 0.25) is 0 Å². The Hall–Kier alpha value is -4.97. The molecule has 0 aliphatic rings. The van der Waals surface area contributed by atoms with E-state index in [1.807, 2.05) is 0 Å². The second kappa shape index (κ2) is 12.1. The van der Waals surface area contributed by atoms with E-state index in [2.05, 4.69) is 15.8 Å². The molecule has 13 heteroatoms. The van der Waals surface area contributed by atoms with Crippen LogP contribution in [0.2, 0.25) is 5.02 Å². The maximum Gasteiger partial charge on any atom is 0.273 e. The molecule has 37 heavy (non-hydrogen) atoms. The molecule has 0 saturated carbocycles. The summed E-state index contributed by atoms with van der Waals surface area (Å²) in [5, 5.41) is 17.5. The van der Waals surface area contributed by atoms with Crippen LogP contribution in [-0.2, 0) is 4.79 Å². The maximum atomic E-state index is 12.7. The minimum Gasteiger partial charge on any atom is -0.493 e. The van der Waals surface area contributed by atoms with Gasteiger partial charge in [-0.25, -0.2) is 5.43 Å². The van der Waals surface area contributed by atoms with Gasteiger partial charge in [-0.05, 0) is 42.0 Å². The first kappa shape index (κ1) is 26.6. The van der Waals surface area contributed by atoms with E-state index >= 15 is 0 Å².